The molecule has 0 aliphatic rings. The van der Waals surface area contributed by atoms with Gasteiger partial charge >= 0.3 is 0 Å². The highest BCUT2D eigenvalue weighted by Crippen LogP contribution is 2.06. The van der Waals surface area contributed by atoms with Crippen LogP contribution in [0.15, 0.2) is 42.6 Å². The third-order valence-corrected chi connectivity index (χ3v) is 2.58. The summed E-state index contributed by atoms with van der Waals surface area (Å²) in [6.45, 7) is 2.04. The second-order valence-electron chi connectivity index (χ2n) is 3.95. The third-order valence-electron chi connectivity index (χ3n) is 2.58. The summed E-state index contributed by atoms with van der Waals surface area (Å²) >= 11 is 0. The minimum atomic E-state index is -0.0365. The highest BCUT2D eigenvalue weighted by molar-refractivity contribution is 6.05. The number of rotatable bonds is 3. The Balaban J connectivity index is 2.14. The number of benzene rings is 1. The number of nitrogens with zero attached hydrogens (tertiary/aromatic N) is 2. The van der Waals surface area contributed by atoms with E-state index >= 15 is 0 Å². The summed E-state index contributed by atoms with van der Waals surface area (Å²) in [6.07, 6.45) is 5.00. The number of hydrogen-bond acceptors (Lipinski definition) is 2. The molecule has 3 nitrogen and oxygen atoms in total. The Bertz CT molecular complexity index is 550. The largest absolute Gasteiger partial charge is 0.288 e. The molecule has 0 bridgehead atoms. The molecule has 0 saturated carbocycles. The lowest BCUT2D eigenvalue weighted by atomic mass is 10.1. The Kier molecular flexibility index (Phi) is 3.19. The van der Waals surface area contributed by atoms with E-state index in [0.29, 0.717) is 5.69 Å². The number of aryl methyl sites for hydroxylation is 2. The van der Waals surface area contributed by atoms with Crippen LogP contribution in [0.1, 0.15) is 21.6 Å². The van der Waals surface area contributed by atoms with Gasteiger partial charge in [0.2, 0.25) is 5.78 Å². The summed E-state index contributed by atoms with van der Waals surface area (Å²) in [5, 5.41) is 3.97. The van der Waals surface area contributed by atoms with Crippen LogP contribution >= 0.6 is 0 Å². The monoisotopic (exact) mass is 226 g/mol. The quantitative estimate of drug-likeness (QED) is 0.595. The summed E-state index contributed by atoms with van der Waals surface area (Å²) < 4.78 is 1.57. The van der Waals surface area contributed by atoms with Gasteiger partial charge in [-0.25, -0.2) is 0 Å². The van der Waals surface area contributed by atoms with Gasteiger partial charge in [0.15, 0.2) is 0 Å². The van der Waals surface area contributed by atoms with Crippen molar-refractivity contribution in [1.82, 2.24) is 9.78 Å². The number of carbonyl (C=O) groups excluding carboxylic acids is 1. The Labute approximate surface area is 100 Å². The first-order valence-electron chi connectivity index (χ1n) is 5.44. The zero-order valence-corrected chi connectivity index (χ0v) is 9.92. The van der Waals surface area contributed by atoms with Gasteiger partial charge in [0, 0.05) is 13.2 Å². The summed E-state index contributed by atoms with van der Waals surface area (Å²) in [7, 11) is 1.76. The first-order chi connectivity index (χ1) is 8.16. The zero-order valence-electron chi connectivity index (χ0n) is 9.92. The molecular formula is C14H14N2O. The van der Waals surface area contributed by atoms with Crippen LogP contribution < -0.4 is 0 Å². The van der Waals surface area contributed by atoms with Gasteiger partial charge in [0.25, 0.3) is 0 Å². The number of hydrogen-bond donors (Lipinski definition) is 0. The Morgan fingerprint density at radius 2 is 1.94 bits per heavy atom. The van der Waals surface area contributed by atoms with Gasteiger partial charge in [0.1, 0.15) is 5.69 Å². The molecule has 0 unspecified atom stereocenters. The van der Waals surface area contributed by atoms with Crippen molar-refractivity contribution in [2.75, 3.05) is 0 Å². The molecule has 2 rings (SSSR count). The van der Waals surface area contributed by atoms with E-state index in [9.17, 15) is 4.79 Å². The maximum absolute atomic E-state index is 11.8. The molecule has 1 heterocycles. The second kappa shape index (κ2) is 4.78. The van der Waals surface area contributed by atoms with Crippen LogP contribution in [-0.2, 0) is 7.05 Å². The van der Waals surface area contributed by atoms with E-state index < -0.39 is 0 Å². The van der Waals surface area contributed by atoms with Crippen LogP contribution in [-0.4, -0.2) is 15.6 Å². The molecule has 17 heavy (non-hydrogen) atoms. The summed E-state index contributed by atoms with van der Waals surface area (Å²) in [6, 6.07) is 9.73. The van der Waals surface area contributed by atoms with Crippen molar-refractivity contribution < 1.29 is 4.79 Å². The highest BCUT2D eigenvalue weighted by Gasteiger charge is 2.05. The lowest BCUT2D eigenvalue weighted by Crippen LogP contribution is -2.03. The maximum atomic E-state index is 11.8. The van der Waals surface area contributed by atoms with Crippen LogP contribution in [0.2, 0.25) is 0 Å². The van der Waals surface area contributed by atoms with Crippen molar-refractivity contribution in [3.63, 3.8) is 0 Å². The molecule has 0 N–H and O–H groups in total. The van der Waals surface area contributed by atoms with Gasteiger partial charge in [-0.2, -0.15) is 5.10 Å². The van der Waals surface area contributed by atoms with Gasteiger partial charge in [-0.1, -0.05) is 35.9 Å². The molecule has 0 atom stereocenters. The minimum Gasteiger partial charge on any atom is -0.288 e. The summed E-state index contributed by atoms with van der Waals surface area (Å²) in [5.74, 6) is -0.0365. The number of allylic oxidation sites excluding steroid dienone is 1. The van der Waals surface area contributed by atoms with E-state index in [4.69, 9.17) is 0 Å². The van der Waals surface area contributed by atoms with E-state index in [-0.39, 0.29) is 5.78 Å². The van der Waals surface area contributed by atoms with Crippen molar-refractivity contribution in [3.05, 3.63) is 59.4 Å². The van der Waals surface area contributed by atoms with Crippen molar-refractivity contribution >= 4 is 11.9 Å². The average Bonchev–Trinajstić information content (AvgIpc) is 2.74. The van der Waals surface area contributed by atoms with E-state index in [0.717, 1.165) is 5.56 Å². The van der Waals surface area contributed by atoms with Crippen molar-refractivity contribution in [1.29, 1.82) is 0 Å². The first kappa shape index (κ1) is 11.3. The van der Waals surface area contributed by atoms with E-state index in [1.54, 1.807) is 30.1 Å². The Morgan fingerprint density at radius 3 is 2.53 bits per heavy atom. The fourth-order valence-corrected chi connectivity index (χ4v) is 1.55. The molecule has 3 heteroatoms. The van der Waals surface area contributed by atoms with Crippen molar-refractivity contribution in [3.8, 4) is 0 Å². The minimum absolute atomic E-state index is 0.0365. The molecule has 86 valence electrons. The lowest BCUT2D eigenvalue weighted by molar-refractivity contribution is 0.103. The molecule has 0 amide bonds. The normalized spacial score (nSPS) is 10.9. The fourth-order valence-electron chi connectivity index (χ4n) is 1.55. The highest BCUT2D eigenvalue weighted by atomic mass is 16.1. The van der Waals surface area contributed by atoms with Gasteiger partial charge in [-0.05, 0) is 24.6 Å². The summed E-state index contributed by atoms with van der Waals surface area (Å²) in [5.41, 5.74) is 2.82. The van der Waals surface area contributed by atoms with Gasteiger partial charge in [0.05, 0.1) is 0 Å². The van der Waals surface area contributed by atoms with E-state index in [1.807, 2.05) is 37.3 Å². The maximum Gasteiger partial charge on any atom is 0.203 e. The van der Waals surface area contributed by atoms with Crippen molar-refractivity contribution in [2.45, 2.75) is 6.92 Å². The molecule has 2 aromatic rings. The predicted molar refractivity (Wildman–Crippen MR) is 67.8 cm³/mol. The molecule has 1 aromatic carbocycles. The molecule has 0 fully saturated rings. The van der Waals surface area contributed by atoms with Crippen molar-refractivity contribution in [2.24, 2.45) is 7.05 Å². The molecule has 0 aliphatic carbocycles. The van der Waals surface area contributed by atoms with Crippen LogP contribution in [0, 0.1) is 6.92 Å². The third kappa shape index (κ3) is 2.69. The topological polar surface area (TPSA) is 34.9 Å². The number of ketones is 1. The molecule has 0 aliphatic heterocycles. The molecule has 0 spiro atoms. The van der Waals surface area contributed by atoms with Gasteiger partial charge in [-0.15, -0.1) is 0 Å². The number of carbonyl (C=O) groups is 1. The number of aromatic nitrogens is 2. The van der Waals surface area contributed by atoms with Crippen LogP contribution in [0.5, 0.6) is 0 Å². The lowest BCUT2D eigenvalue weighted by Gasteiger charge is -1.96. The molecular weight excluding hydrogens is 212 g/mol. The SMILES string of the molecule is Cc1ccc(/C=C/C(=O)c2ccnn2C)cc1. The predicted octanol–water partition coefficient (Wildman–Crippen LogP) is 2.62. The molecule has 1 aromatic heterocycles. The summed E-state index contributed by atoms with van der Waals surface area (Å²) in [4.78, 5) is 11.8. The van der Waals surface area contributed by atoms with E-state index in [1.165, 1.54) is 5.56 Å². The van der Waals surface area contributed by atoms with Gasteiger partial charge < -0.3 is 0 Å². The fraction of sp³-hybridized carbons (Fsp3) is 0.143. The standard InChI is InChI=1S/C14H14N2O/c1-11-3-5-12(6-4-11)7-8-14(17)13-9-10-15-16(13)2/h3-10H,1-2H3/b8-7+. The smallest absolute Gasteiger partial charge is 0.203 e. The molecule has 0 radical (unpaired) electrons. The molecule has 0 saturated heterocycles. The van der Waals surface area contributed by atoms with Crippen LogP contribution in [0.25, 0.3) is 6.08 Å². The zero-order chi connectivity index (χ0) is 12.3. The Morgan fingerprint density at radius 1 is 1.24 bits per heavy atom. The van der Waals surface area contributed by atoms with Crippen LogP contribution in [0.4, 0.5) is 0 Å². The van der Waals surface area contributed by atoms with Gasteiger partial charge in [-0.3, -0.25) is 9.48 Å². The van der Waals surface area contributed by atoms with E-state index in [2.05, 4.69) is 5.10 Å². The average molecular weight is 226 g/mol. The first-order valence-corrected chi connectivity index (χ1v) is 5.44. The second-order valence-corrected chi connectivity index (χ2v) is 3.95. The Hall–Kier alpha value is -2.16. The van der Waals surface area contributed by atoms with Crippen LogP contribution in [0.3, 0.4) is 0 Å².